The van der Waals surface area contributed by atoms with Crippen LogP contribution in [0.1, 0.15) is 31.4 Å². The lowest BCUT2D eigenvalue weighted by molar-refractivity contribution is -0.118. The third-order valence-corrected chi connectivity index (χ3v) is 8.18. The molecule has 6 nitrogen and oxygen atoms in total. The number of fused-ring (bicyclic) bond motifs is 2. The number of rotatable bonds is 6. The van der Waals surface area contributed by atoms with Gasteiger partial charge in [-0.25, -0.2) is 8.42 Å². The summed E-state index contributed by atoms with van der Waals surface area (Å²) in [5.74, 6) is 0.0386. The maximum atomic E-state index is 13.3. The Morgan fingerprint density at radius 3 is 2.58 bits per heavy atom. The topological polar surface area (TPSA) is 62.6 Å². The number of carbonyl (C=O) groups is 1. The molecule has 4 rings (SSSR count). The van der Waals surface area contributed by atoms with Crippen molar-refractivity contribution in [1.82, 2.24) is 8.87 Å². The Labute approximate surface area is 184 Å². The van der Waals surface area contributed by atoms with Crippen molar-refractivity contribution in [3.05, 3.63) is 59.8 Å². The van der Waals surface area contributed by atoms with Gasteiger partial charge in [-0.2, -0.15) is 4.31 Å². The van der Waals surface area contributed by atoms with Crippen LogP contribution in [0.25, 0.3) is 10.9 Å². The zero-order chi connectivity index (χ0) is 22.2. The molecule has 1 aromatic heterocycles. The van der Waals surface area contributed by atoms with Gasteiger partial charge in [0.15, 0.2) is 0 Å². The second-order valence-electron chi connectivity index (χ2n) is 7.99. The molecule has 1 aliphatic heterocycles. The van der Waals surface area contributed by atoms with Gasteiger partial charge in [-0.1, -0.05) is 32.0 Å². The number of amides is 1. The van der Waals surface area contributed by atoms with Crippen molar-refractivity contribution in [2.75, 3.05) is 24.5 Å². The van der Waals surface area contributed by atoms with E-state index in [4.69, 9.17) is 0 Å². The van der Waals surface area contributed by atoms with E-state index in [9.17, 15) is 13.2 Å². The van der Waals surface area contributed by atoms with Crippen molar-refractivity contribution in [2.45, 2.75) is 38.0 Å². The molecule has 0 aliphatic carbocycles. The number of anilines is 1. The molecule has 0 saturated heterocycles. The predicted octanol–water partition coefficient (Wildman–Crippen LogP) is 3.73. The maximum absolute atomic E-state index is 13.3. The fraction of sp³-hybridized carbons (Fsp3) is 0.375. The summed E-state index contributed by atoms with van der Waals surface area (Å²) in [7, 11) is -1.52. The van der Waals surface area contributed by atoms with Gasteiger partial charge in [-0.05, 0) is 48.2 Å². The maximum Gasteiger partial charge on any atom is 0.243 e. The monoisotopic (exact) mass is 439 g/mol. The SMILES string of the molecule is CCN(CC)S(=O)(=O)c1ccc2c(c1)CCCN2C(=O)Cc1cn(C)c2ccccc12. The minimum absolute atomic E-state index is 0.0386. The second kappa shape index (κ2) is 8.48. The Morgan fingerprint density at radius 1 is 1.10 bits per heavy atom. The molecule has 31 heavy (non-hydrogen) atoms. The Bertz CT molecular complexity index is 1230. The zero-order valence-corrected chi connectivity index (χ0v) is 19.2. The molecule has 3 aromatic rings. The molecule has 1 aliphatic rings. The van der Waals surface area contributed by atoms with E-state index < -0.39 is 10.0 Å². The number of hydrogen-bond acceptors (Lipinski definition) is 3. The first-order chi connectivity index (χ1) is 14.9. The van der Waals surface area contributed by atoms with Crippen LogP contribution >= 0.6 is 0 Å². The van der Waals surface area contributed by atoms with E-state index >= 15 is 0 Å². The summed E-state index contributed by atoms with van der Waals surface area (Å²) in [4.78, 5) is 15.4. The second-order valence-corrected chi connectivity index (χ2v) is 9.93. The summed E-state index contributed by atoms with van der Waals surface area (Å²) in [6.07, 6.45) is 3.94. The number of sulfonamides is 1. The number of carbonyl (C=O) groups excluding carboxylic acids is 1. The van der Waals surface area contributed by atoms with Crippen molar-refractivity contribution < 1.29 is 13.2 Å². The zero-order valence-electron chi connectivity index (χ0n) is 18.3. The molecule has 0 fully saturated rings. The van der Waals surface area contributed by atoms with Gasteiger partial charge in [0.05, 0.1) is 11.3 Å². The quantitative estimate of drug-likeness (QED) is 0.588. The van der Waals surface area contributed by atoms with Gasteiger partial charge in [0.25, 0.3) is 0 Å². The highest BCUT2D eigenvalue weighted by Crippen LogP contribution is 2.31. The molecular weight excluding hydrogens is 410 g/mol. The lowest BCUT2D eigenvalue weighted by Gasteiger charge is -2.30. The van der Waals surface area contributed by atoms with Crippen LogP contribution in [-0.4, -0.2) is 42.8 Å². The fourth-order valence-corrected chi connectivity index (χ4v) is 6.04. The standard InChI is InChI=1S/C24H29N3O3S/c1-4-26(5-2)31(29,30)20-12-13-22-18(15-20)9-8-14-27(22)24(28)16-19-17-25(3)23-11-7-6-10-21(19)23/h6-7,10-13,15,17H,4-5,8-9,14,16H2,1-3H3. The lowest BCUT2D eigenvalue weighted by Crippen LogP contribution is -2.37. The molecule has 0 N–H and O–H groups in total. The minimum atomic E-state index is -3.52. The van der Waals surface area contributed by atoms with Crippen molar-refractivity contribution >= 4 is 32.5 Å². The minimum Gasteiger partial charge on any atom is -0.350 e. The number of benzene rings is 2. The van der Waals surface area contributed by atoms with Crippen LogP contribution in [0.3, 0.4) is 0 Å². The third kappa shape index (κ3) is 3.88. The van der Waals surface area contributed by atoms with E-state index in [1.807, 2.05) is 54.8 Å². The highest BCUT2D eigenvalue weighted by Gasteiger charge is 2.27. The molecule has 0 spiro atoms. The number of hydrogen-bond donors (Lipinski definition) is 0. The molecular formula is C24H29N3O3S. The highest BCUT2D eigenvalue weighted by atomic mass is 32.2. The van der Waals surface area contributed by atoms with E-state index in [0.29, 0.717) is 31.0 Å². The lowest BCUT2D eigenvalue weighted by atomic mass is 10.0. The molecule has 0 bridgehead atoms. The highest BCUT2D eigenvalue weighted by molar-refractivity contribution is 7.89. The van der Waals surface area contributed by atoms with E-state index in [-0.39, 0.29) is 5.91 Å². The van der Waals surface area contributed by atoms with Gasteiger partial charge in [0.2, 0.25) is 15.9 Å². The summed E-state index contributed by atoms with van der Waals surface area (Å²) in [6, 6.07) is 13.3. The summed E-state index contributed by atoms with van der Waals surface area (Å²) >= 11 is 0. The number of para-hydroxylation sites is 1. The van der Waals surface area contributed by atoms with E-state index in [1.54, 1.807) is 18.2 Å². The fourth-order valence-electron chi connectivity index (χ4n) is 4.53. The molecule has 0 unspecified atom stereocenters. The summed E-state index contributed by atoms with van der Waals surface area (Å²) < 4.78 is 29.3. The van der Waals surface area contributed by atoms with Crippen LogP contribution < -0.4 is 4.90 Å². The molecule has 164 valence electrons. The molecule has 0 atom stereocenters. The third-order valence-electron chi connectivity index (χ3n) is 6.13. The van der Waals surface area contributed by atoms with Crippen LogP contribution in [0.15, 0.2) is 53.6 Å². The molecule has 1 amide bonds. The van der Waals surface area contributed by atoms with Crippen LogP contribution in [0.5, 0.6) is 0 Å². The first-order valence-electron chi connectivity index (χ1n) is 10.8. The first-order valence-corrected chi connectivity index (χ1v) is 12.3. The van der Waals surface area contributed by atoms with Crippen molar-refractivity contribution in [3.63, 3.8) is 0 Å². The van der Waals surface area contributed by atoms with Gasteiger partial charge in [-0.15, -0.1) is 0 Å². The first kappa shape index (κ1) is 21.6. The van der Waals surface area contributed by atoms with E-state index in [1.165, 1.54) is 4.31 Å². The summed E-state index contributed by atoms with van der Waals surface area (Å²) in [6.45, 7) is 5.20. The Kier molecular flexibility index (Phi) is 5.90. The normalized spacial score (nSPS) is 14.3. The predicted molar refractivity (Wildman–Crippen MR) is 124 cm³/mol. The molecule has 0 radical (unpaired) electrons. The van der Waals surface area contributed by atoms with Gasteiger partial charge >= 0.3 is 0 Å². The van der Waals surface area contributed by atoms with Crippen LogP contribution in [-0.2, 0) is 34.7 Å². The average molecular weight is 440 g/mol. The van der Waals surface area contributed by atoms with E-state index in [2.05, 4.69) is 6.07 Å². The van der Waals surface area contributed by atoms with Crippen LogP contribution in [0.2, 0.25) is 0 Å². The molecule has 2 heterocycles. The Balaban J connectivity index is 1.63. The number of aromatic nitrogens is 1. The Morgan fingerprint density at radius 2 is 1.84 bits per heavy atom. The van der Waals surface area contributed by atoms with E-state index in [0.717, 1.165) is 40.6 Å². The number of nitrogens with zero attached hydrogens (tertiary/aromatic N) is 3. The van der Waals surface area contributed by atoms with Crippen molar-refractivity contribution in [2.24, 2.45) is 7.05 Å². The summed E-state index contributed by atoms with van der Waals surface area (Å²) in [5, 5.41) is 1.09. The van der Waals surface area contributed by atoms with Crippen molar-refractivity contribution in [1.29, 1.82) is 0 Å². The van der Waals surface area contributed by atoms with Crippen LogP contribution in [0, 0.1) is 0 Å². The van der Waals surface area contributed by atoms with Gasteiger partial charge in [-0.3, -0.25) is 4.79 Å². The smallest absolute Gasteiger partial charge is 0.243 e. The van der Waals surface area contributed by atoms with Gasteiger partial charge in [0, 0.05) is 49.5 Å². The van der Waals surface area contributed by atoms with Crippen LogP contribution in [0.4, 0.5) is 5.69 Å². The van der Waals surface area contributed by atoms with Gasteiger partial charge < -0.3 is 9.47 Å². The number of aryl methyl sites for hydroxylation is 2. The summed E-state index contributed by atoms with van der Waals surface area (Å²) in [5.41, 5.74) is 3.87. The van der Waals surface area contributed by atoms with Gasteiger partial charge in [0.1, 0.15) is 0 Å². The molecule has 7 heteroatoms. The van der Waals surface area contributed by atoms with Crippen molar-refractivity contribution in [3.8, 4) is 0 Å². The Hall–Kier alpha value is -2.64. The molecule has 2 aromatic carbocycles. The molecule has 0 saturated carbocycles. The average Bonchev–Trinajstić information content (AvgIpc) is 3.09. The largest absolute Gasteiger partial charge is 0.350 e.